The average molecular weight is 848 g/mol. The molecule has 10 nitrogen and oxygen atoms in total. The van der Waals surface area contributed by atoms with Crippen molar-refractivity contribution in [3.63, 3.8) is 0 Å². The summed E-state index contributed by atoms with van der Waals surface area (Å²) in [5.41, 5.74) is 5.36. The lowest BCUT2D eigenvalue weighted by Crippen LogP contribution is -2.34. The monoisotopic (exact) mass is 848 g/mol. The third-order valence-corrected chi connectivity index (χ3v) is 10.1. The predicted molar refractivity (Wildman–Crippen MR) is 244 cm³/mol. The molecule has 59 heavy (non-hydrogen) atoms. The van der Waals surface area contributed by atoms with Crippen molar-refractivity contribution in [1.29, 1.82) is 0 Å². The normalized spacial score (nSPS) is 14.6. The van der Waals surface area contributed by atoms with Gasteiger partial charge in [-0.25, -0.2) is 4.57 Å². The fourth-order valence-electron chi connectivity index (χ4n) is 5.73. The van der Waals surface area contributed by atoms with E-state index in [1.807, 2.05) is 0 Å². The zero-order valence-electron chi connectivity index (χ0n) is 36.8. The van der Waals surface area contributed by atoms with E-state index in [0.717, 1.165) is 109 Å². The van der Waals surface area contributed by atoms with E-state index in [0.29, 0.717) is 13.0 Å². The number of carbonyl (C=O) groups is 2. The predicted octanol–water partition coefficient (Wildman–Crippen LogP) is 12.8. The Morgan fingerprint density at radius 3 is 1.39 bits per heavy atom. The maximum Gasteiger partial charge on any atom is 0.472 e. The van der Waals surface area contributed by atoms with Crippen LogP contribution in [0.15, 0.2) is 85.1 Å². The number of hydrogen-bond donors (Lipinski definition) is 3. The molecule has 0 amide bonds. The number of phosphoric acid groups is 1. The van der Waals surface area contributed by atoms with E-state index in [1.54, 1.807) is 0 Å². The van der Waals surface area contributed by atoms with Crippen LogP contribution in [0.4, 0.5) is 0 Å². The standard InChI is InChI=1S/C48H82NO9P/c1-3-5-7-9-11-13-15-17-19-21-23-24-26-28-30-32-34-36-38-40-47(50)58-45(43-56-59(53,54)57-44-46(49)48(51)52)42-55-41-39-37-35-33-31-29-27-25-22-20-18-16-14-12-10-8-6-4-2/h5-8,11-14,17-20,23-24,45-46H,3-4,9-10,15-16,21-22,25-44,49H2,1-2H3,(H,51,52)(H,53,54)/b7-5-,8-6-,13-11-,14-12-,19-17-,20-18-,24-23-. The van der Waals surface area contributed by atoms with Crippen LogP contribution in [0.25, 0.3) is 0 Å². The summed E-state index contributed by atoms with van der Waals surface area (Å²) >= 11 is 0. The first-order chi connectivity index (χ1) is 28.7. The van der Waals surface area contributed by atoms with Gasteiger partial charge >= 0.3 is 19.8 Å². The number of aliphatic carboxylic acids is 1. The highest BCUT2D eigenvalue weighted by atomic mass is 31.2. The molecule has 0 aromatic carbocycles. The van der Waals surface area contributed by atoms with Gasteiger partial charge in [0.25, 0.3) is 0 Å². The summed E-state index contributed by atoms with van der Waals surface area (Å²) in [7, 11) is -4.63. The van der Waals surface area contributed by atoms with E-state index in [4.69, 9.17) is 29.4 Å². The number of rotatable bonds is 42. The van der Waals surface area contributed by atoms with E-state index in [2.05, 4.69) is 98.9 Å². The van der Waals surface area contributed by atoms with Crippen LogP contribution in [-0.2, 0) is 32.7 Å². The highest BCUT2D eigenvalue weighted by Crippen LogP contribution is 2.43. The SMILES string of the molecule is CC/C=C\C/C=C\C/C=C\C/C=C\CCCCCCCCC(=O)OC(COCCCCCCCCCC/C=C\C/C=C\C/C=C\CC)COP(=O)(O)OCC(N)C(=O)O. The van der Waals surface area contributed by atoms with Crippen LogP contribution in [0.1, 0.15) is 168 Å². The van der Waals surface area contributed by atoms with Crippen molar-refractivity contribution in [2.75, 3.05) is 26.4 Å². The number of phosphoric ester groups is 1. The molecule has 0 aliphatic carbocycles. The zero-order chi connectivity index (χ0) is 43.3. The molecule has 338 valence electrons. The van der Waals surface area contributed by atoms with Crippen LogP contribution < -0.4 is 5.73 Å². The summed E-state index contributed by atoms with van der Waals surface area (Å²) in [5, 5.41) is 8.91. The minimum absolute atomic E-state index is 0.000688. The number of allylic oxidation sites excluding steroid dienone is 14. The number of esters is 1. The van der Waals surface area contributed by atoms with Crippen LogP contribution in [0.2, 0.25) is 0 Å². The Balaban J connectivity index is 4.27. The van der Waals surface area contributed by atoms with Gasteiger partial charge in [-0.1, -0.05) is 163 Å². The number of carbonyl (C=O) groups excluding carboxylic acids is 1. The second-order valence-corrected chi connectivity index (χ2v) is 16.2. The molecule has 0 spiro atoms. The Labute approximate surface area is 358 Å². The number of unbranched alkanes of at least 4 members (excludes halogenated alkanes) is 14. The Morgan fingerprint density at radius 1 is 0.542 bits per heavy atom. The van der Waals surface area contributed by atoms with Crippen LogP contribution in [-0.4, -0.2) is 60.5 Å². The minimum atomic E-state index is -4.63. The number of hydrogen-bond acceptors (Lipinski definition) is 8. The molecule has 0 aliphatic heterocycles. The van der Waals surface area contributed by atoms with Gasteiger partial charge in [0.05, 0.1) is 19.8 Å². The number of carboxylic acid groups (broad SMARTS) is 1. The topological polar surface area (TPSA) is 155 Å². The first-order valence-electron chi connectivity index (χ1n) is 22.6. The molecule has 0 saturated heterocycles. The van der Waals surface area contributed by atoms with Crippen LogP contribution in [0.5, 0.6) is 0 Å². The molecule has 4 N–H and O–H groups in total. The summed E-state index contributed by atoms with van der Waals surface area (Å²) in [5.74, 6) is -1.80. The van der Waals surface area contributed by atoms with Gasteiger partial charge in [0.15, 0.2) is 0 Å². The molecule has 3 unspecified atom stereocenters. The Kier molecular flexibility index (Phi) is 41.2. The van der Waals surface area contributed by atoms with Crippen molar-refractivity contribution in [3.05, 3.63) is 85.1 Å². The van der Waals surface area contributed by atoms with Gasteiger partial charge in [0.2, 0.25) is 0 Å². The molecule has 3 atom stereocenters. The molecule has 0 fully saturated rings. The molecule has 0 aliphatic rings. The Hall–Kier alpha value is -2.85. The average Bonchev–Trinajstić information content (AvgIpc) is 3.21. The van der Waals surface area contributed by atoms with E-state index >= 15 is 0 Å². The molecule has 0 bridgehead atoms. The van der Waals surface area contributed by atoms with Crippen LogP contribution >= 0.6 is 7.82 Å². The van der Waals surface area contributed by atoms with E-state index < -0.39 is 45.1 Å². The minimum Gasteiger partial charge on any atom is -0.480 e. The molecule has 0 heterocycles. The summed E-state index contributed by atoms with van der Waals surface area (Å²) in [4.78, 5) is 33.6. The van der Waals surface area contributed by atoms with Crippen LogP contribution in [0.3, 0.4) is 0 Å². The van der Waals surface area contributed by atoms with Crippen molar-refractivity contribution in [2.45, 2.75) is 180 Å². The number of ether oxygens (including phenoxy) is 2. The van der Waals surface area contributed by atoms with Crippen molar-refractivity contribution < 1.29 is 42.7 Å². The molecule has 0 aromatic heterocycles. The third-order valence-electron chi connectivity index (χ3n) is 9.17. The largest absolute Gasteiger partial charge is 0.480 e. The second kappa shape index (κ2) is 43.2. The number of carboxylic acids is 1. The molecule has 11 heteroatoms. The Morgan fingerprint density at radius 2 is 0.932 bits per heavy atom. The lowest BCUT2D eigenvalue weighted by atomic mass is 10.1. The maximum absolute atomic E-state index is 12.7. The highest BCUT2D eigenvalue weighted by molar-refractivity contribution is 7.47. The smallest absolute Gasteiger partial charge is 0.472 e. The molecule has 0 rings (SSSR count). The maximum atomic E-state index is 12.7. The first-order valence-corrected chi connectivity index (χ1v) is 24.1. The summed E-state index contributed by atoms with van der Waals surface area (Å²) in [6, 6.07) is -1.48. The highest BCUT2D eigenvalue weighted by Gasteiger charge is 2.27. The lowest BCUT2D eigenvalue weighted by Gasteiger charge is -2.20. The molecular formula is C48H82NO9P. The molecule has 0 radical (unpaired) electrons. The molecule has 0 aromatic rings. The van der Waals surface area contributed by atoms with Crippen molar-refractivity contribution in [3.8, 4) is 0 Å². The van der Waals surface area contributed by atoms with Crippen molar-refractivity contribution >= 4 is 19.8 Å². The van der Waals surface area contributed by atoms with Crippen LogP contribution in [0, 0.1) is 0 Å². The fraction of sp³-hybridized carbons (Fsp3) is 0.667. The molecular weight excluding hydrogens is 766 g/mol. The van der Waals surface area contributed by atoms with E-state index in [1.165, 1.54) is 32.1 Å². The van der Waals surface area contributed by atoms with E-state index in [9.17, 15) is 19.0 Å². The first kappa shape index (κ1) is 56.1. The van der Waals surface area contributed by atoms with Gasteiger partial charge in [-0.2, -0.15) is 0 Å². The number of nitrogens with two attached hydrogens (primary N) is 1. The van der Waals surface area contributed by atoms with Crippen molar-refractivity contribution in [1.82, 2.24) is 0 Å². The van der Waals surface area contributed by atoms with Crippen molar-refractivity contribution in [2.24, 2.45) is 5.73 Å². The summed E-state index contributed by atoms with van der Waals surface area (Å²) in [6.45, 7) is 3.61. The summed E-state index contributed by atoms with van der Waals surface area (Å²) in [6.07, 6.45) is 54.9. The fourth-order valence-corrected chi connectivity index (χ4v) is 6.50. The zero-order valence-corrected chi connectivity index (χ0v) is 37.7. The van der Waals surface area contributed by atoms with Gasteiger partial charge in [-0.05, 0) is 83.5 Å². The summed E-state index contributed by atoms with van der Waals surface area (Å²) < 4.78 is 33.4. The second-order valence-electron chi connectivity index (χ2n) is 14.8. The van der Waals surface area contributed by atoms with E-state index in [-0.39, 0.29) is 13.0 Å². The van der Waals surface area contributed by atoms with Gasteiger partial charge in [0.1, 0.15) is 12.1 Å². The van der Waals surface area contributed by atoms with Gasteiger partial charge < -0.3 is 25.2 Å². The third kappa shape index (κ3) is 43.1. The molecule has 0 saturated carbocycles. The van der Waals surface area contributed by atoms with Gasteiger partial charge in [-0.15, -0.1) is 0 Å². The van der Waals surface area contributed by atoms with Gasteiger partial charge in [0, 0.05) is 13.0 Å². The quantitative estimate of drug-likeness (QED) is 0.0234. The van der Waals surface area contributed by atoms with Gasteiger partial charge in [-0.3, -0.25) is 18.6 Å². The Bertz CT molecular complexity index is 1260. The lowest BCUT2D eigenvalue weighted by molar-refractivity contribution is -0.154.